The lowest BCUT2D eigenvalue weighted by molar-refractivity contribution is -0.143. The third kappa shape index (κ3) is 5.76. The second kappa shape index (κ2) is 11.6. The summed E-state index contributed by atoms with van der Waals surface area (Å²) in [6.07, 6.45) is 5.53. The summed E-state index contributed by atoms with van der Waals surface area (Å²) in [7, 11) is 0. The lowest BCUT2D eigenvalue weighted by atomic mass is 10.0. The second-order valence-corrected chi connectivity index (χ2v) is 9.72. The number of hydrogen-bond donors (Lipinski definition) is 3. The Kier molecular flexibility index (Phi) is 7.84. The Morgan fingerprint density at radius 3 is 2.67 bits per heavy atom. The third-order valence-corrected chi connectivity index (χ3v) is 7.09. The van der Waals surface area contributed by atoms with Gasteiger partial charge < -0.3 is 10.0 Å². The minimum absolute atomic E-state index is 0.330. The molecule has 0 aliphatic carbocycles. The number of hydrazine groups is 1. The van der Waals surface area contributed by atoms with Gasteiger partial charge in [-0.2, -0.15) is 0 Å². The van der Waals surface area contributed by atoms with Crippen molar-refractivity contribution in [1.82, 2.24) is 20.3 Å². The summed E-state index contributed by atoms with van der Waals surface area (Å²) in [5, 5.41) is 10.8. The van der Waals surface area contributed by atoms with Gasteiger partial charge in [0.1, 0.15) is 6.04 Å². The van der Waals surface area contributed by atoms with E-state index in [4.69, 9.17) is 22.4 Å². The number of fused-ring (bicyclic) bond motifs is 1. The van der Waals surface area contributed by atoms with E-state index in [-0.39, 0.29) is 5.91 Å². The average Bonchev–Trinajstić information content (AvgIpc) is 2.96. The molecule has 2 aromatic heterocycles. The van der Waals surface area contributed by atoms with Gasteiger partial charge in [0.2, 0.25) is 0 Å². The topological polar surface area (TPSA) is 121 Å². The molecule has 1 saturated heterocycles. The summed E-state index contributed by atoms with van der Waals surface area (Å²) in [5.41, 5.74) is 8.03. The van der Waals surface area contributed by atoms with Crippen LogP contribution in [0.3, 0.4) is 0 Å². The maximum absolute atomic E-state index is 13.0. The van der Waals surface area contributed by atoms with E-state index in [1.165, 1.54) is 4.90 Å². The fourth-order valence-electron chi connectivity index (χ4n) is 4.75. The van der Waals surface area contributed by atoms with Crippen molar-refractivity contribution in [2.45, 2.75) is 31.8 Å². The van der Waals surface area contributed by atoms with E-state index in [0.29, 0.717) is 35.7 Å². The highest BCUT2D eigenvalue weighted by molar-refractivity contribution is 6.32. The van der Waals surface area contributed by atoms with Gasteiger partial charge in [-0.1, -0.05) is 35.6 Å². The number of aromatic nitrogens is 2. The number of carboxylic acid groups (broad SMARTS) is 1. The number of nitrogens with two attached hydrogens (primary N) is 1. The quantitative estimate of drug-likeness (QED) is 0.195. The Labute approximate surface area is 230 Å². The van der Waals surface area contributed by atoms with Crippen LogP contribution in [0, 0.1) is 11.8 Å². The van der Waals surface area contributed by atoms with Crippen LogP contribution in [-0.2, 0) is 11.3 Å². The number of carbonyl (C=O) groups excluding carboxylic acids is 1. The van der Waals surface area contributed by atoms with Crippen molar-refractivity contribution < 1.29 is 14.7 Å². The van der Waals surface area contributed by atoms with Gasteiger partial charge in [-0.25, -0.2) is 9.78 Å². The molecule has 0 saturated carbocycles. The van der Waals surface area contributed by atoms with Gasteiger partial charge in [-0.3, -0.25) is 21.0 Å². The minimum Gasteiger partial charge on any atom is -0.480 e. The van der Waals surface area contributed by atoms with Crippen LogP contribution in [0.25, 0.3) is 22.2 Å². The number of hydrogen-bond acceptors (Lipinski definition) is 6. The Morgan fingerprint density at radius 2 is 1.92 bits per heavy atom. The lowest BCUT2D eigenvalue weighted by Crippen LogP contribution is -2.47. The Hall–Kier alpha value is -4.29. The standard InChI is InChI=1S/C30H26ClN5O3/c31-25-15-22(29(37)36-14-2-1-3-28(36)30(38)39)11-10-20(25)7-4-19-5-8-21(9-6-19)27-16-23(17-34-32)24-18-33-13-12-26(24)35-27/h5-6,8-13,15-16,18,28,34H,1-3,14,17,32H2,(H,38,39). The smallest absolute Gasteiger partial charge is 0.326 e. The zero-order valence-electron chi connectivity index (χ0n) is 21.0. The van der Waals surface area contributed by atoms with E-state index < -0.39 is 12.0 Å². The molecule has 1 atom stereocenters. The number of pyridine rings is 2. The molecule has 4 N–H and O–H groups in total. The molecule has 1 unspecified atom stereocenters. The van der Waals surface area contributed by atoms with Gasteiger partial charge in [-0.05, 0) is 67.3 Å². The van der Waals surface area contributed by atoms with Crippen molar-refractivity contribution in [3.63, 3.8) is 0 Å². The van der Waals surface area contributed by atoms with Gasteiger partial charge in [0.05, 0.1) is 16.2 Å². The first kappa shape index (κ1) is 26.3. The summed E-state index contributed by atoms with van der Waals surface area (Å²) < 4.78 is 0. The maximum Gasteiger partial charge on any atom is 0.326 e. The molecule has 39 heavy (non-hydrogen) atoms. The number of amides is 1. The van der Waals surface area contributed by atoms with Crippen molar-refractivity contribution in [3.8, 4) is 23.1 Å². The molecule has 1 amide bonds. The zero-order chi connectivity index (χ0) is 27.4. The molecule has 1 aliphatic heterocycles. The number of nitrogens with one attached hydrogen (secondary N) is 1. The van der Waals surface area contributed by atoms with Gasteiger partial charge >= 0.3 is 5.97 Å². The molecule has 8 nitrogen and oxygen atoms in total. The maximum atomic E-state index is 13.0. The molecule has 1 aliphatic rings. The second-order valence-electron chi connectivity index (χ2n) is 9.31. The minimum atomic E-state index is -0.982. The van der Waals surface area contributed by atoms with Crippen molar-refractivity contribution in [1.29, 1.82) is 0 Å². The highest BCUT2D eigenvalue weighted by Gasteiger charge is 2.32. The monoisotopic (exact) mass is 539 g/mol. The summed E-state index contributed by atoms with van der Waals surface area (Å²) in [6, 6.07) is 15.7. The van der Waals surface area contributed by atoms with Crippen molar-refractivity contribution >= 4 is 34.4 Å². The number of likely N-dealkylation sites (tertiary alicyclic amines) is 1. The summed E-state index contributed by atoms with van der Waals surface area (Å²) in [6.45, 7) is 0.909. The number of piperidine rings is 1. The van der Waals surface area contributed by atoms with E-state index in [9.17, 15) is 14.7 Å². The molecule has 5 rings (SSSR count). The summed E-state index contributed by atoms with van der Waals surface area (Å²) >= 11 is 6.45. The Bertz CT molecular complexity index is 1610. The number of nitrogens with zero attached hydrogens (tertiary/aromatic N) is 3. The van der Waals surface area contributed by atoms with E-state index >= 15 is 0 Å². The molecule has 196 valence electrons. The molecule has 3 heterocycles. The Balaban J connectivity index is 1.34. The van der Waals surface area contributed by atoms with Crippen molar-refractivity contribution in [2.24, 2.45) is 5.84 Å². The van der Waals surface area contributed by atoms with Crippen LogP contribution in [0.4, 0.5) is 0 Å². The van der Waals surface area contributed by atoms with Crippen molar-refractivity contribution in [2.75, 3.05) is 6.54 Å². The molecular weight excluding hydrogens is 514 g/mol. The lowest BCUT2D eigenvalue weighted by Gasteiger charge is -2.33. The van der Waals surface area contributed by atoms with Crippen LogP contribution in [0.15, 0.2) is 67.0 Å². The molecule has 0 radical (unpaired) electrons. The highest BCUT2D eigenvalue weighted by atomic mass is 35.5. The third-order valence-electron chi connectivity index (χ3n) is 6.78. The fraction of sp³-hybridized carbons (Fsp3) is 0.200. The van der Waals surface area contributed by atoms with E-state index in [0.717, 1.165) is 46.1 Å². The van der Waals surface area contributed by atoms with Gasteiger partial charge in [0, 0.05) is 53.1 Å². The first-order valence-electron chi connectivity index (χ1n) is 12.6. The first-order valence-corrected chi connectivity index (χ1v) is 13.0. The molecule has 2 aromatic carbocycles. The highest BCUT2D eigenvalue weighted by Crippen LogP contribution is 2.26. The predicted molar refractivity (Wildman–Crippen MR) is 150 cm³/mol. The molecule has 0 spiro atoms. The van der Waals surface area contributed by atoms with Crippen LogP contribution < -0.4 is 11.3 Å². The van der Waals surface area contributed by atoms with Gasteiger partial charge in [0.25, 0.3) is 5.91 Å². The molecular formula is C30H26ClN5O3. The SMILES string of the molecule is NNCc1cc(-c2ccc(C#Cc3ccc(C(=O)N4CCCCC4C(=O)O)cc3Cl)cc2)nc2ccncc12. The molecule has 9 heteroatoms. The largest absolute Gasteiger partial charge is 0.480 e. The molecule has 4 aromatic rings. The van der Waals surface area contributed by atoms with Crippen molar-refractivity contribution in [3.05, 3.63) is 94.3 Å². The summed E-state index contributed by atoms with van der Waals surface area (Å²) in [5.74, 6) is 10.4. The number of halogens is 1. The number of benzene rings is 2. The number of carboxylic acids is 1. The molecule has 1 fully saturated rings. The van der Waals surface area contributed by atoms with Crippen LogP contribution in [0.5, 0.6) is 0 Å². The van der Waals surface area contributed by atoms with E-state index in [2.05, 4.69) is 22.3 Å². The first-order chi connectivity index (χ1) is 18.9. The van der Waals surface area contributed by atoms with E-state index in [1.807, 2.05) is 36.4 Å². The predicted octanol–water partition coefficient (Wildman–Crippen LogP) is 4.39. The Morgan fingerprint density at radius 1 is 1.10 bits per heavy atom. The van der Waals surface area contributed by atoms with Crippen LogP contribution in [0.1, 0.15) is 46.3 Å². The fourth-order valence-corrected chi connectivity index (χ4v) is 4.98. The van der Waals surface area contributed by atoms with E-state index in [1.54, 1.807) is 30.6 Å². The number of aliphatic carboxylic acids is 1. The van der Waals surface area contributed by atoms with Crippen LogP contribution in [-0.4, -0.2) is 44.4 Å². The van der Waals surface area contributed by atoms with Gasteiger partial charge in [0.15, 0.2) is 0 Å². The van der Waals surface area contributed by atoms with Crippen LogP contribution in [0.2, 0.25) is 5.02 Å². The molecule has 0 bridgehead atoms. The summed E-state index contributed by atoms with van der Waals surface area (Å²) in [4.78, 5) is 34.9. The zero-order valence-corrected chi connectivity index (χ0v) is 21.8. The van der Waals surface area contributed by atoms with Gasteiger partial charge in [-0.15, -0.1) is 0 Å². The average molecular weight is 540 g/mol. The number of rotatable bonds is 5. The number of carbonyl (C=O) groups is 2. The van der Waals surface area contributed by atoms with Crippen LogP contribution >= 0.6 is 11.6 Å². The normalized spacial score (nSPS) is 15.0.